The van der Waals surface area contributed by atoms with Crippen molar-refractivity contribution in [2.75, 3.05) is 38.0 Å². The maximum atomic E-state index is 14.0. The van der Waals surface area contributed by atoms with Crippen molar-refractivity contribution in [1.82, 2.24) is 24.8 Å². The molecule has 0 spiro atoms. The topological polar surface area (TPSA) is 86.4 Å². The van der Waals surface area contributed by atoms with Crippen molar-refractivity contribution in [3.05, 3.63) is 77.2 Å². The number of piperazine rings is 1. The van der Waals surface area contributed by atoms with Crippen LogP contribution >= 0.6 is 0 Å². The van der Waals surface area contributed by atoms with Gasteiger partial charge in [0.2, 0.25) is 0 Å². The Morgan fingerprint density at radius 1 is 1.03 bits per heavy atom. The summed E-state index contributed by atoms with van der Waals surface area (Å²) in [7, 11) is 0. The second-order valence-electron chi connectivity index (χ2n) is 9.53. The molecule has 0 saturated carbocycles. The highest BCUT2D eigenvalue weighted by Gasteiger charge is 2.34. The second kappa shape index (κ2) is 11.0. The van der Waals surface area contributed by atoms with Crippen LogP contribution in [0.4, 0.5) is 18.9 Å². The number of nitrogens with zero attached hydrogens (tertiary/aromatic N) is 4. The highest BCUT2D eigenvalue weighted by molar-refractivity contribution is 6.04. The third-order valence-corrected chi connectivity index (χ3v) is 6.94. The summed E-state index contributed by atoms with van der Waals surface area (Å²) >= 11 is 0. The molecule has 1 fully saturated rings. The number of carbonyl (C=O) groups is 1. The van der Waals surface area contributed by atoms with Crippen molar-refractivity contribution in [1.29, 1.82) is 0 Å². The van der Waals surface area contributed by atoms with E-state index in [1.807, 2.05) is 11.8 Å². The van der Waals surface area contributed by atoms with Crippen LogP contribution in [0.15, 0.2) is 55.0 Å². The Morgan fingerprint density at radius 2 is 1.79 bits per heavy atom. The van der Waals surface area contributed by atoms with Gasteiger partial charge in [-0.3, -0.25) is 9.69 Å². The van der Waals surface area contributed by atoms with E-state index in [0.717, 1.165) is 31.3 Å². The standard InChI is InChI=1S/C28H29F3N6O2/c1-3-36-10-12-37(13-11-36)16-20-6-7-21(15-22(20)28(29,30)31)35-27(38)19-5-4-18(2)24(14-19)39-23-8-9-32-26-25(23)33-17-34-26/h4-9,14-15,17H,3,10-13,16H2,1-2H3,(H,35,38)(H,32,33,34). The first-order valence-electron chi connectivity index (χ1n) is 12.7. The molecule has 0 radical (unpaired) electrons. The van der Waals surface area contributed by atoms with Gasteiger partial charge in [-0.1, -0.05) is 19.1 Å². The van der Waals surface area contributed by atoms with Gasteiger partial charge in [-0.2, -0.15) is 13.2 Å². The number of alkyl halides is 3. The number of pyridine rings is 1. The number of fused-ring (bicyclic) bond motifs is 1. The van der Waals surface area contributed by atoms with Gasteiger partial charge >= 0.3 is 6.18 Å². The lowest BCUT2D eigenvalue weighted by Gasteiger charge is -2.34. The van der Waals surface area contributed by atoms with Gasteiger partial charge in [0.05, 0.1) is 11.9 Å². The number of imidazole rings is 1. The Labute approximate surface area is 223 Å². The molecule has 4 aromatic rings. The summed E-state index contributed by atoms with van der Waals surface area (Å²) in [6.45, 7) is 8.15. The Hall–Kier alpha value is -3.96. The zero-order valence-electron chi connectivity index (χ0n) is 21.7. The Balaban J connectivity index is 1.33. The van der Waals surface area contributed by atoms with Gasteiger partial charge in [0, 0.05) is 56.2 Å². The third-order valence-electron chi connectivity index (χ3n) is 6.94. The largest absolute Gasteiger partial charge is 0.455 e. The first-order valence-corrected chi connectivity index (χ1v) is 12.7. The SMILES string of the molecule is CCN1CCN(Cc2ccc(NC(=O)c3ccc(C)c(Oc4ccnc5nc[nH]c45)c3)cc2C(F)(F)F)CC1. The van der Waals surface area contributed by atoms with E-state index in [1.54, 1.807) is 30.5 Å². The summed E-state index contributed by atoms with van der Waals surface area (Å²) < 4.78 is 48.0. The molecule has 0 unspecified atom stereocenters. The zero-order chi connectivity index (χ0) is 27.6. The molecule has 1 aliphatic heterocycles. The predicted molar refractivity (Wildman–Crippen MR) is 142 cm³/mol. The fourth-order valence-corrected chi connectivity index (χ4v) is 4.64. The lowest BCUT2D eigenvalue weighted by molar-refractivity contribution is -0.138. The normalized spacial score (nSPS) is 15.0. The average molecular weight is 539 g/mol. The van der Waals surface area contributed by atoms with E-state index in [1.165, 1.54) is 18.5 Å². The van der Waals surface area contributed by atoms with Gasteiger partial charge in [0.15, 0.2) is 11.4 Å². The number of amides is 1. The molecule has 5 rings (SSSR count). The van der Waals surface area contributed by atoms with Crippen LogP contribution in [0, 0.1) is 6.92 Å². The average Bonchev–Trinajstić information content (AvgIpc) is 3.40. The van der Waals surface area contributed by atoms with Gasteiger partial charge in [-0.05, 0) is 48.9 Å². The minimum Gasteiger partial charge on any atom is -0.455 e. The Bertz CT molecular complexity index is 1480. The molecule has 1 saturated heterocycles. The molecule has 0 aliphatic carbocycles. The number of aromatic amines is 1. The van der Waals surface area contributed by atoms with Crippen molar-refractivity contribution in [3.63, 3.8) is 0 Å². The number of halogens is 3. The molecule has 1 amide bonds. The highest BCUT2D eigenvalue weighted by atomic mass is 19.4. The van der Waals surface area contributed by atoms with Crippen molar-refractivity contribution >= 4 is 22.8 Å². The minimum atomic E-state index is -4.55. The number of nitrogens with one attached hydrogen (secondary N) is 2. The van der Waals surface area contributed by atoms with Gasteiger partial charge in [0.25, 0.3) is 5.91 Å². The lowest BCUT2D eigenvalue weighted by Crippen LogP contribution is -2.45. The number of hydrogen-bond acceptors (Lipinski definition) is 6. The molecule has 11 heteroatoms. The first-order chi connectivity index (χ1) is 18.7. The maximum Gasteiger partial charge on any atom is 0.416 e. The molecule has 2 aromatic carbocycles. The quantitative estimate of drug-likeness (QED) is 0.325. The summed E-state index contributed by atoms with van der Waals surface area (Å²) in [5, 5.41) is 2.61. The van der Waals surface area contributed by atoms with Gasteiger partial charge in [0.1, 0.15) is 11.3 Å². The summed E-state index contributed by atoms with van der Waals surface area (Å²) in [6, 6.07) is 10.5. The first kappa shape index (κ1) is 26.6. The van der Waals surface area contributed by atoms with Crippen molar-refractivity contribution in [3.8, 4) is 11.5 Å². The summed E-state index contributed by atoms with van der Waals surface area (Å²) in [4.78, 5) is 28.6. The second-order valence-corrected chi connectivity index (χ2v) is 9.53. The number of hydrogen-bond donors (Lipinski definition) is 2. The van der Waals surface area contributed by atoms with E-state index in [9.17, 15) is 18.0 Å². The van der Waals surface area contributed by atoms with Crippen LogP contribution in [0.5, 0.6) is 11.5 Å². The number of aromatic nitrogens is 3. The number of anilines is 1. The van der Waals surface area contributed by atoms with Crippen molar-refractivity contribution in [2.45, 2.75) is 26.6 Å². The van der Waals surface area contributed by atoms with E-state index in [0.29, 0.717) is 35.8 Å². The van der Waals surface area contributed by atoms with Crippen LogP contribution in [-0.2, 0) is 12.7 Å². The van der Waals surface area contributed by atoms with E-state index in [2.05, 4.69) is 32.1 Å². The minimum absolute atomic E-state index is 0.0724. The van der Waals surface area contributed by atoms with Crippen LogP contribution in [0.25, 0.3) is 11.2 Å². The van der Waals surface area contributed by atoms with E-state index in [4.69, 9.17) is 4.74 Å². The number of aryl methyl sites for hydroxylation is 1. The zero-order valence-corrected chi connectivity index (χ0v) is 21.7. The van der Waals surface area contributed by atoms with Crippen LogP contribution in [0.2, 0.25) is 0 Å². The lowest BCUT2D eigenvalue weighted by atomic mass is 10.0. The number of carbonyl (C=O) groups excluding carboxylic acids is 1. The molecule has 39 heavy (non-hydrogen) atoms. The van der Waals surface area contributed by atoms with Crippen LogP contribution < -0.4 is 10.1 Å². The molecule has 2 N–H and O–H groups in total. The van der Waals surface area contributed by atoms with Gasteiger partial charge < -0.3 is 19.9 Å². The molecular weight excluding hydrogens is 509 g/mol. The summed E-state index contributed by atoms with van der Waals surface area (Å²) in [6.07, 6.45) is -1.47. The van der Waals surface area contributed by atoms with Crippen LogP contribution in [-0.4, -0.2) is 63.4 Å². The maximum absolute atomic E-state index is 14.0. The Kier molecular flexibility index (Phi) is 7.53. The fourth-order valence-electron chi connectivity index (χ4n) is 4.64. The van der Waals surface area contributed by atoms with Crippen molar-refractivity contribution in [2.24, 2.45) is 0 Å². The summed E-state index contributed by atoms with van der Waals surface area (Å²) in [5.74, 6) is 0.372. The number of likely N-dealkylation sites (N-methyl/N-ethyl adjacent to an activating group) is 1. The smallest absolute Gasteiger partial charge is 0.416 e. The molecule has 1 aliphatic rings. The van der Waals surface area contributed by atoms with Crippen molar-refractivity contribution < 1.29 is 22.7 Å². The number of ether oxygens (including phenoxy) is 1. The third kappa shape index (κ3) is 6.04. The van der Waals surface area contributed by atoms with E-state index < -0.39 is 17.6 Å². The molecular formula is C28H29F3N6O2. The van der Waals surface area contributed by atoms with Gasteiger partial charge in [-0.25, -0.2) is 9.97 Å². The summed E-state index contributed by atoms with van der Waals surface area (Å²) in [5.41, 5.74) is 1.65. The molecule has 204 valence electrons. The van der Waals surface area contributed by atoms with E-state index in [-0.39, 0.29) is 23.4 Å². The van der Waals surface area contributed by atoms with Gasteiger partial charge in [-0.15, -0.1) is 0 Å². The number of H-pyrrole nitrogens is 1. The predicted octanol–water partition coefficient (Wildman–Crippen LogP) is 5.47. The monoisotopic (exact) mass is 538 g/mol. The molecule has 0 bridgehead atoms. The number of rotatable bonds is 7. The molecule has 3 heterocycles. The fraction of sp³-hybridized carbons (Fsp3) is 0.321. The Morgan fingerprint density at radius 3 is 2.54 bits per heavy atom. The number of benzene rings is 2. The highest BCUT2D eigenvalue weighted by Crippen LogP contribution is 2.35. The molecule has 2 aromatic heterocycles. The molecule has 8 nitrogen and oxygen atoms in total. The van der Waals surface area contributed by atoms with Crippen LogP contribution in [0.1, 0.15) is 34.0 Å². The molecule has 0 atom stereocenters. The van der Waals surface area contributed by atoms with E-state index >= 15 is 0 Å². The van der Waals surface area contributed by atoms with Crippen LogP contribution in [0.3, 0.4) is 0 Å².